The molecule has 0 amide bonds. The van der Waals surface area contributed by atoms with Crippen molar-refractivity contribution in [2.75, 3.05) is 64.8 Å². The Balaban J connectivity index is 0.00000306. The van der Waals surface area contributed by atoms with Gasteiger partial charge in [-0.2, -0.15) is 0 Å². The number of hydrogen-bond donors (Lipinski definition) is 2. The van der Waals surface area contributed by atoms with Gasteiger partial charge in [0.2, 0.25) is 0 Å². The molecule has 3 aliphatic heterocycles. The summed E-state index contributed by atoms with van der Waals surface area (Å²) in [5.74, 6) is -0.223. The fourth-order valence-corrected chi connectivity index (χ4v) is 5.52. The molecule has 186 valence electrons. The lowest BCUT2D eigenvalue weighted by Gasteiger charge is -2.50. The summed E-state index contributed by atoms with van der Waals surface area (Å²) >= 11 is 0. The van der Waals surface area contributed by atoms with Crippen molar-refractivity contribution in [1.29, 1.82) is 0 Å². The van der Waals surface area contributed by atoms with Gasteiger partial charge < -0.3 is 20.4 Å². The Hall–Kier alpha value is -1.20. The first-order valence-corrected chi connectivity index (χ1v) is 12.1. The number of nitrogens with zero attached hydrogens (tertiary/aromatic N) is 4. The van der Waals surface area contributed by atoms with Crippen LogP contribution in [0, 0.1) is 11.6 Å². The summed E-state index contributed by atoms with van der Waals surface area (Å²) in [7, 11) is 4.00. The van der Waals surface area contributed by atoms with Gasteiger partial charge in [0.05, 0.1) is 0 Å². The van der Waals surface area contributed by atoms with Gasteiger partial charge in [0.15, 0.2) is 5.96 Å². The molecule has 6 nitrogen and oxygen atoms in total. The Morgan fingerprint density at radius 2 is 1.73 bits per heavy atom. The predicted octanol–water partition coefficient (Wildman–Crippen LogP) is 3.28. The van der Waals surface area contributed by atoms with Gasteiger partial charge in [0.1, 0.15) is 17.3 Å². The van der Waals surface area contributed by atoms with Crippen molar-refractivity contribution < 1.29 is 8.78 Å². The molecule has 1 aromatic rings. The average Bonchev–Trinajstić information content (AvgIpc) is 3.26. The fraction of sp³-hybridized carbons (Fsp3) is 0.708. The molecule has 3 fully saturated rings. The normalized spacial score (nSPS) is 24.4. The summed E-state index contributed by atoms with van der Waals surface area (Å²) in [5, 5.41) is 7.10. The second kappa shape index (κ2) is 12.0. The van der Waals surface area contributed by atoms with Gasteiger partial charge >= 0.3 is 0 Å². The summed E-state index contributed by atoms with van der Waals surface area (Å²) in [5.41, 5.74) is 0.248. The first-order chi connectivity index (χ1) is 15.5. The van der Waals surface area contributed by atoms with Crippen LogP contribution in [0.25, 0.3) is 0 Å². The van der Waals surface area contributed by atoms with E-state index >= 15 is 0 Å². The number of para-hydroxylation sites is 1. The number of piperidine rings is 2. The maximum Gasteiger partial charge on any atom is 0.191 e. The molecule has 3 aliphatic rings. The lowest BCUT2D eigenvalue weighted by Crippen LogP contribution is -2.62. The average molecular weight is 577 g/mol. The molecule has 1 unspecified atom stereocenters. The molecule has 33 heavy (non-hydrogen) atoms. The Bertz CT molecular complexity index is 773. The Kier molecular flexibility index (Phi) is 9.58. The van der Waals surface area contributed by atoms with Crippen molar-refractivity contribution >= 4 is 35.6 Å². The number of likely N-dealkylation sites (tertiary alicyclic amines) is 2. The number of nitrogens with one attached hydrogen (secondary N) is 2. The van der Waals surface area contributed by atoms with Crippen LogP contribution in [-0.4, -0.2) is 87.2 Å². The predicted molar refractivity (Wildman–Crippen MR) is 142 cm³/mol. The van der Waals surface area contributed by atoms with Crippen molar-refractivity contribution in [3.05, 3.63) is 29.8 Å². The standard InChI is InChI=1S/C24H38F2N6.HI/c1-27-23(29-19-9-14-31(17-19)22-20(25)7-6-8-21(22)26)28-18-24(10-15-30(2)16-11-24)32-12-4-3-5-13-32;/h6-8,19H,3-5,9-18H2,1-2H3,(H2,27,28,29);1H. The lowest BCUT2D eigenvalue weighted by atomic mass is 9.84. The third-order valence-electron chi connectivity index (χ3n) is 7.54. The minimum atomic E-state index is -0.501. The zero-order chi connectivity index (χ0) is 22.6. The van der Waals surface area contributed by atoms with Gasteiger partial charge in [0.25, 0.3) is 0 Å². The maximum absolute atomic E-state index is 14.2. The van der Waals surface area contributed by atoms with Crippen molar-refractivity contribution in [3.8, 4) is 0 Å². The molecular weight excluding hydrogens is 537 g/mol. The minimum Gasteiger partial charge on any atom is -0.365 e. The van der Waals surface area contributed by atoms with Crippen molar-refractivity contribution in [2.45, 2.75) is 50.1 Å². The molecule has 9 heteroatoms. The van der Waals surface area contributed by atoms with Gasteiger partial charge in [-0.25, -0.2) is 8.78 Å². The molecule has 0 aromatic heterocycles. The third kappa shape index (κ3) is 6.28. The smallest absolute Gasteiger partial charge is 0.191 e. The highest BCUT2D eigenvalue weighted by atomic mass is 127. The van der Waals surface area contributed by atoms with Crippen molar-refractivity contribution in [1.82, 2.24) is 20.4 Å². The van der Waals surface area contributed by atoms with Crippen LogP contribution in [0.3, 0.4) is 0 Å². The van der Waals surface area contributed by atoms with Crippen LogP contribution in [0.1, 0.15) is 38.5 Å². The van der Waals surface area contributed by atoms with Crippen LogP contribution in [0.2, 0.25) is 0 Å². The van der Waals surface area contributed by atoms with E-state index in [2.05, 4.69) is 32.5 Å². The molecule has 2 N–H and O–H groups in total. The highest BCUT2D eigenvalue weighted by Gasteiger charge is 2.39. The molecule has 0 spiro atoms. The van der Waals surface area contributed by atoms with Crippen LogP contribution in [0.15, 0.2) is 23.2 Å². The van der Waals surface area contributed by atoms with E-state index in [1.807, 2.05) is 0 Å². The quantitative estimate of drug-likeness (QED) is 0.320. The Morgan fingerprint density at radius 3 is 2.36 bits per heavy atom. The molecule has 0 saturated carbocycles. The number of halogens is 3. The second-order valence-corrected chi connectivity index (χ2v) is 9.65. The largest absolute Gasteiger partial charge is 0.365 e. The number of rotatable bonds is 5. The second-order valence-electron chi connectivity index (χ2n) is 9.65. The Morgan fingerprint density at radius 1 is 1.06 bits per heavy atom. The van der Waals surface area contributed by atoms with Crippen LogP contribution in [0.4, 0.5) is 14.5 Å². The summed E-state index contributed by atoms with van der Waals surface area (Å²) in [6.07, 6.45) is 7.05. The first kappa shape index (κ1) is 26.4. The highest BCUT2D eigenvalue weighted by Crippen LogP contribution is 2.31. The molecule has 0 bridgehead atoms. The number of guanidine groups is 1. The highest BCUT2D eigenvalue weighted by molar-refractivity contribution is 14.0. The summed E-state index contributed by atoms with van der Waals surface area (Å²) in [6.45, 7) is 6.66. The number of aliphatic imine (C=N–C) groups is 1. The molecule has 1 atom stereocenters. The minimum absolute atomic E-state index is 0. The maximum atomic E-state index is 14.2. The van der Waals surface area contributed by atoms with Gasteiger partial charge in [-0.3, -0.25) is 9.89 Å². The zero-order valence-electron chi connectivity index (χ0n) is 20.0. The lowest BCUT2D eigenvalue weighted by molar-refractivity contribution is 0.0173. The monoisotopic (exact) mass is 576 g/mol. The van der Waals surface area contributed by atoms with E-state index in [9.17, 15) is 8.78 Å². The molecule has 3 saturated heterocycles. The Labute approximate surface area is 214 Å². The van der Waals surface area contributed by atoms with Gasteiger partial charge in [-0.05, 0) is 77.5 Å². The topological polar surface area (TPSA) is 46.1 Å². The third-order valence-corrected chi connectivity index (χ3v) is 7.54. The summed E-state index contributed by atoms with van der Waals surface area (Å²) < 4.78 is 28.4. The molecule has 1 aromatic carbocycles. The summed E-state index contributed by atoms with van der Waals surface area (Å²) in [6, 6.07) is 4.15. The van der Waals surface area contributed by atoms with Crippen LogP contribution < -0.4 is 15.5 Å². The van der Waals surface area contributed by atoms with E-state index in [0.717, 1.165) is 44.9 Å². The van der Waals surface area contributed by atoms with Gasteiger partial charge in [-0.15, -0.1) is 24.0 Å². The number of hydrogen-bond acceptors (Lipinski definition) is 4. The molecule has 4 rings (SSSR count). The van der Waals surface area contributed by atoms with E-state index in [1.54, 1.807) is 11.9 Å². The van der Waals surface area contributed by atoms with E-state index in [1.165, 1.54) is 50.6 Å². The molecule has 0 aliphatic carbocycles. The fourth-order valence-electron chi connectivity index (χ4n) is 5.52. The zero-order valence-corrected chi connectivity index (χ0v) is 22.3. The number of anilines is 1. The van der Waals surface area contributed by atoms with Crippen molar-refractivity contribution in [3.63, 3.8) is 0 Å². The van der Waals surface area contributed by atoms with Crippen molar-refractivity contribution in [2.24, 2.45) is 4.99 Å². The van der Waals surface area contributed by atoms with Gasteiger partial charge in [0, 0.05) is 38.3 Å². The number of benzene rings is 1. The molecular formula is C24H39F2IN6. The molecule has 3 heterocycles. The van der Waals surface area contributed by atoms with Crippen LogP contribution >= 0.6 is 24.0 Å². The van der Waals surface area contributed by atoms with Crippen LogP contribution in [0.5, 0.6) is 0 Å². The SMILES string of the molecule is CN=C(NCC1(N2CCCCC2)CCN(C)CC1)NC1CCN(c2c(F)cccc2F)C1.I. The van der Waals surface area contributed by atoms with E-state index < -0.39 is 11.6 Å². The van der Waals surface area contributed by atoms with Crippen LogP contribution in [-0.2, 0) is 0 Å². The van der Waals surface area contributed by atoms with E-state index in [4.69, 9.17) is 0 Å². The molecule has 0 radical (unpaired) electrons. The van der Waals surface area contributed by atoms with E-state index in [0.29, 0.717) is 13.1 Å². The summed E-state index contributed by atoms with van der Waals surface area (Å²) in [4.78, 5) is 11.4. The van der Waals surface area contributed by atoms with Gasteiger partial charge in [-0.1, -0.05) is 12.5 Å². The first-order valence-electron chi connectivity index (χ1n) is 12.1. The van der Waals surface area contributed by atoms with E-state index in [-0.39, 0.29) is 41.2 Å².